The topological polar surface area (TPSA) is 40.4 Å². The zero-order valence-corrected chi connectivity index (χ0v) is 12.1. The third kappa shape index (κ3) is 6.26. The molecule has 0 atom stereocenters. The number of rotatable bonds is 5. The van der Waals surface area contributed by atoms with E-state index in [1.54, 1.807) is 13.4 Å². The van der Waals surface area contributed by atoms with Crippen LogP contribution in [-0.2, 0) is 4.74 Å². The fraction of sp³-hybridized carbons (Fsp3) is 0.833. The molecule has 0 rings (SSSR count). The molecule has 0 aromatic carbocycles. The van der Waals surface area contributed by atoms with Crippen LogP contribution in [0.5, 0.6) is 0 Å². The van der Waals surface area contributed by atoms with Crippen LogP contribution in [0, 0.1) is 0 Å². The van der Waals surface area contributed by atoms with Crippen molar-refractivity contribution in [2.45, 2.75) is 39.8 Å². The van der Waals surface area contributed by atoms with Crippen LogP contribution >= 0.6 is 0 Å². The molecule has 5 nitrogen and oxygen atoms in total. The molecule has 0 aromatic heterocycles. The third-order valence-corrected chi connectivity index (χ3v) is 2.08. The van der Waals surface area contributed by atoms with Crippen molar-refractivity contribution in [1.29, 1.82) is 0 Å². The predicted molar refractivity (Wildman–Crippen MR) is 73.6 cm³/mol. The SMILES string of the molecule is COC/N=C(/N=C/N(C)C)N(C(C)C)C(C)C. The second kappa shape index (κ2) is 8.06. The lowest BCUT2D eigenvalue weighted by atomic mass is 10.2. The van der Waals surface area contributed by atoms with E-state index in [0.29, 0.717) is 24.8 Å². The van der Waals surface area contributed by atoms with Crippen molar-refractivity contribution >= 4 is 12.3 Å². The van der Waals surface area contributed by atoms with Crippen molar-refractivity contribution in [3.63, 3.8) is 0 Å². The Bertz CT molecular complexity index is 251. The van der Waals surface area contributed by atoms with E-state index in [0.717, 1.165) is 0 Å². The fourth-order valence-electron chi connectivity index (χ4n) is 1.54. The zero-order valence-electron chi connectivity index (χ0n) is 12.1. The van der Waals surface area contributed by atoms with Gasteiger partial charge in [0.1, 0.15) is 6.73 Å². The number of methoxy groups -OCH3 is 1. The van der Waals surface area contributed by atoms with Gasteiger partial charge in [-0.05, 0) is 27.7 Å². The number of guanidine groups is 1. The van der Waals surface area contributed by atoms with Crippen LogP contribution in [0.2, 0.25) is 0 Å². The molecule has 0 aliphatic heterocycles. The van der Waals surface area contributed by atoms with Crippen LogP contribution < -0.4 is 0 Å². The first-order valence-electron chi connectivity index (χ1n) is 5.92. The van der Waals surface area contributed by atoms with Crippen LogP contribution in [0.4, 0.5) is 0 Å². The molecule has 100 valence electrons. The number of aliphatic imine (C=N–C) groups is 2. The highest BCUT2D eigenvalue weighted by molar-refractivity contribution is 5.87. The molecule has 0 saturated carbocycles. The van der Waals surface area contributed by atoms with Gasteiger partial charge in [-0.1, -0.05) is 0 Å². The summed E-state index contributed by atoms with van der Waals surface area (Å²) in [6.45, 7) is 8.86. The summed E-state index contributed by atoms with van der Waals surface area (Å²) in [5.74, 6) is 0.713. The minimum absolute atomic E-state index is 0.329. The maximum atomic E-state index is 4.99. The molecule has 0 fully saturated rings. The average Bonchev–Trinajstić information content (AvgIpc) is 2.20. The van der Waals surface area contributed by atoms with Crippen molar-refractivity contribution in [1.82, 2.24) is 9.80 Å². The highest BCUT2D eigenvalue weighted by Crippen LogP contribution is 2.07. The maximum absolute atomic E-state index is 4.99. The van der Waals surface area contributed by atoms with Crippen molar-refractivity contribution < 1.29 is 4.74 Å². The molecule has 0 amide bonds. The molecule has 0 bridgehead atoms. The Morgan fingerprint density at radius 2 is 1.71 bits per heavy atom. The van der Waals surface area contributed by atoms with Crippen LogP contribution in [0.3, 0.4) is 0 Å². The van der Waals surface area contributed by atoms with Gasteiger partial charge in [0.05, 0.1) is 6.34 Å². The molecule has 0 aliphatic rings. The summed E-state index contributed by atoms with van der Waals surface area (Å²) < 4.78 is 4.99. The normalized spacial score (nSPS) is 12.9. The largest absolute Gasteiger partial charge is 0.369 e. The van der Waals surface area contributed by atoms with Crippen molar-refractivity contribution in [2.75, 3.05) is 27.9 Å². The molecule has 0 unspecified atom stereocenters. The second-order valence-corrected chi connectivity index (χ2v) is 4.68. The van der Waals surface area contributed by atoms with Crippen molar-refractivity contribution in [3.8, 4) is 0 Å². The molecule has 0 aliphatic carbocycles. The zero-order chi connectivity index (χ0) is 13.4. The fourth-order valence-corrected chi connectivity index (χ4v) is 1.54. The highest BCUT2D eigenvalue weighted by Gasteiger charge is 2.17. The average molecular weight is 242 g/mol. The number of hydrogen-bond donors (Lipinski definition) is 0. The van der Waals surface area contributed by atoms with E-state index in [-0.39, 0.29) is 0 Å². The van der Waals surface area contributed by atoms with E-state index in [2.05, 4.69) is 42.6 Å². The summed E-state index contributed by atoms with van der Waals surface area (Å²) >= 11 is 0. The van der Waals surface area contributed by atoms with Crippen LogP contribution in [0.15, 0.2) is 9.98 Å². The molecule has 5 heteroatoms. The lowest BCUT2D eigenvalue weighted by Crippen LogP contribution is -2.41. The van der Waals surface area contributed by atoms with Gasteiger partial charge in [0, 0.05) is 33.3 Å². The van der Waals surface area contributed by atoms with E-state index < -0.39 is 0 Å². The molecular formula is C12H26N4O. The highest BCUT2D eigenvalue weighted by atomic mass is 16.5. The maximum Gasteiger partial charge on any atom is 0.224 e. The molecule has 0 aromatic rings. The quantitative estimate of drug-likeness (QED) is 0.544. The van der Waals surface area contributed by atoms with Crippen LogP contribution in [-0.4, -0.2) is 62.1 Å². The number of nitrogens with zero attached hydrogens (tertiary/aromatic N) is 4. The van der Waals surface area contributed by atoms with Crippen LogP contribution in [0.1, 0.15) is 27.7 Å². The Hall–Kier alpha value is -1.10. The Morgan fingerprint density at radius 1 is 1.18 bits per heavy atom. The summed E-state index contributed by atoms with van der Waals surface area (Å²) in [5.41, 5.74) is 0. The van der Waals surface area contributed by atoms with E-state index >= 15 is 0 Å². The predicted octanol–water partition coefficient (Wildman–Crippen LogP) is 1.65. The van der Waals surface area contributed by atoms with Gasteiger partial charge >= 0.3 is 0 Å². The van der Waals surface area contributed by atoms with Crippen molar-refractivity contribution in [3.05, 3.63) is 0 Å². The molecule has 17 heavy (non-hydrogen) atoms. The standard InChI is InChI=1S/C12H26N4O/c1-10(2)16(11(3)4)12(14-9-17-7)13-8-15(5)6/h8,10-11H,9H2,1-7H3/b13-8+,14-12-. The second-order valence-electron chi connectivity index (χ2n) is 4.68. The first-order valence-corrected chi connectivity index (χ1v) is 5.92. The monoisotopic (exact) mass is 242 g/mol. The first kappa shape index (κ1) is 15.9. The molecule has 0 heterocycles. The van der Waals surface area contributed by atoms with Gasteiger partial charge in [0.2, 0.25) is 5.96 Å². The van der Waals surface area contributed by atoms with E-state index in [4.69, 9.17) is 4.74 Å². The van der Waals surface area contributed by atoms with Gasteiger partial charge in [-0.25, -0.2) is 9.98 Å². The summed E-state index contributed by atoms with van der Waals surface area (Å²) in [5, 5.41) is 0. The minimum atomic E-state index is 0.329. The third-order valence-electron chi connectivity index (χ3n) is 2.08. The van der Waals surface area contributed by atoms with Gasteiger partial charge in [0.15, 0.2) is 0 Å². The summed E-state index contributed by atoms with van der Waals surface area (Å²) in [6.07, 6.45) is 1.76. The minimum Gasteiger partial charge on any atom is -0.369 e. The van der Waals surface area contributed by atoms with E-state index in [1.807, 2.05) is 19.0 Å². The summed E-state index contributed by atoms with van der Waals surface area (Å²) in [7, 11) is 5.50. The van der Waals surface area contributed by atoms with Gasteiger partial charge in [0.25, 0.3) is 0 Å². The van der Waals surface area contributed by atoms with E-state index in [1.165, 1.54) is 0 Å². The van der Waals surface area contributed by atoms with Crippen molar-refractivity contribution in [2.24, 2.45) is 9.98 Å². The summed E-state index contributed by atoms with van der Waals surface area (Å²) in [6, 6.07) is 0.704. The molecular weight excluding hydrogens is 216 g/mol. The number of ether oxygens (including phenoxy) is 1. The van der Waals surface area contributed by atoms with Gasteiger partial charge in [-0.2, -0.15) is 0 Å². The molecule has 0 saturated heterocycles. The Kier molecular flexibility index (Phi) is 7.54. The van der Waals surface area contributed by atoms with Gasteiger partial charge in [-0.15, -0.1) is 0 Å². The lowest BCUT2D eigenvalue weighted by Gasteiger charge is -2.31. The Balaban J connectivity index is 4.99. The molecule has 0 N–H and O–H groups in total. The van der Waals surface area contributed by atoms with E-state index in [9.17, 15) is 0 Å². The van der Waals surface area contributed by atoms with Gasteiger partial charge < -0.3 is 14.5 Å². The molecule has 0 spiro atoms. The summed E-state index contributed by atoms with van der Waals surface area (Å²) in [4.78, 5) is 12.8. The lowest BCUT2D eigenvalue weighted by molar-refractivity contribution is 0.204. The first-order chi connectivity index (χ1) is 7.90. The Morgan fingerprint density at radius 3 is 2.06 bits per heavy atom. The number of hydrogen-bond acceptors (Lipinski definition) is 2. The Labute approximate surface area is 105 Å². The smallest absolute Gasteiger partial charge is 0.224 e. The van der Waals surface area contributed by atoms with Gasteiger partial charge in [-0.3, -0.25) is 0 Å². The van der Waals surface area contributed by atoms with Crippen LogP contribution in [0.25, 0.3) is 0 Å². The molecule has 0 radical (unpaired) electrons.